The Morgan fingerprint density at radius 2 is 1.45 bits per heavy atom. The number of hydrogen-bond acceptors (Lipinski definition) is 7. The van der Waals surface area contributed by atoms with Crippen LogP contribution in [0.5, 0.6) is 0 Å². The molecule has 0 fully saturated rings. The summed E-state index contributed by atoms with van der Waals surface area (Å²) in [5.41, 5.74) is -2.98. The summed E-state index contributed by atoms with van der Waals surface area (Å²) < 4.78 is 3.65. The average Bonchev–Trinajstić information content (AvgIpc) is 2.14. The smallest absolute Gasteiger partial charge is 1.00 e. The van der Waals surface area contributed by atoms with Gasteiger partial charge in [0, 0.05) is 21.7 Å². The van der Waals surface area contributed by atoms with Crippen molar-refractivity contribution in [3.05, 3.63) is 0 Å². The number of carbonyl (C=O) groups excluding carboxylic acids is 2. The molecule has 4 N–H and O–H groups in total. The van der Waals surface area contributed by atoms with E-state index in [4.69, 9.17) is 15.3 Å². The summed E-state index contributed by atoms with van der Waals surface area (Å²) in [6.07, 6.45) is -2.70. The number of carbonyl (C=O) groups is 5. The first-order valence-corrected chi connectivity index (χ1v) is 4.24. The van der Waals surface area contributed by atoms with E-state index in [-0.39, 0.29) is 74.5 Å². The maximum Gasteiger partial charge on any atom is 1.00 e. The monoisotopic (exact) mass is 352 g/mol. The van der Waals surface area contributed by atoms with Crippen LogP contribution in [0.3, 0.4) is 0 Å². The van der Waals surface area contributed by atoms with Gasteiger partial charge >= 0.3 is 81.2 Å². The molecule has 0 aromatic rings. The van der Waals surface area contributed by atoms with E-state index in [2.05, 4.69) is 4.74 Å². The van der Waals surface area contributed by atoms with Crippen LogP contribution in [0.1, 0.15) is 14.3 Å². The van der Waals surface area contributed by atoms with Crippen molar-refractivity contribution in [3.63, 3.8) is 0 Å². The number of hydrogen-bond donors (Lipinski definition) is 4. The largest absolute Gasteiger partial charge is 1.00 e. The first-order chi connectivity index (χ1) is 8.08. The van der Waals surface area contributed by atoms with E-state index in [1.54, 1.807) is 0 Å². The Kier molecular flexibility index (Phi) is 13.1. The number of esters is 2. The van der Waals surface area contributed by atoms with Gasteiger partial charge in [-0.15, -0.1) is 0 Å². The molecule has 106 valence electrons. The minimum Gasteiger partial charge on any atom is -1.00 e. The Morgan fingerprint density at radius 3 is 1.75 bits per heavy atom. The molecule has 12 heteroatoms. The van der Waals surface area contributed by atoms with Gasteiger partial charge in [-0.1, -0.05) is 0 Å². The Hall–Kier alpha value is -0.139. The predicted octanol–water partition coefficient (Wildman–Crippen LogP) is -5.06. The molecular formula is C8H9KO10Ti. The minimum atomic E-state index is -2.98. The number of carboxylic acids is 3. The standard InChI is InChI=1S/C8H8O10.K.Ti.H/c9-3(10)1-8(17,7(15)16)2-4(11)18-6(14)5(12)13;;;/h17H,1-2H2,(H,9,10)(H,12,13)(H,15,16);;;/q;+1;;-1. The summed E-state index contributed by atoms with van der Waals surface area (Å²) in [4.78, 5) is 52.3. The van der Waals surface area contributed by atoms with Crippen molar-refractivity contribution >= 4 is 29.8 Å². The van der Waals surface area contributed by atoms with Crippen molar-refractivity contribution in [2.75, 3.05) is 0 Å². The summed E-state index contributed by atoms with van der Waals surface area (Å²) in [5, 5.41) is 34.3. The SMILES string of the molecule is O=C(O)CC(O)(CC(=O)OC(=O)C(=O)O)C(=O)O.[H-].[K+].[Ti]. The Balaban J connectivity index is -0.000000482. The number of carboxylic acid groups (broad SMARTS) is 3. The van der Waals surface area contributed by atoms with Gasteiger partial charge in [0.15, 0.2) is 5.60 Å². The van der Waals surface area contributed by atoms with Crippen molar-refractivity contribution in [3.8, 4) is 0 Å². The molecule has 0 aromatic heterocycles. The van der Waals surface area contributed by atoms with Crippen molar-refractivity contribution in [2.24, 2.45) is 0 Å². The first kappa shape index (κ1) is 24.9. The molecule has 0 spiro atoms. The zero-order valence-corrected chi connectivity index (χ0v) is 14.8. The molecule has 0 aromatic carbocycles. The first-order valence-electron chi connectivity index (χ1n) is 4.24. The van der Waals surface area contributed by atoms with Crippen LogP contribution < -0.4 is 51.4 Å². The molecule has 0 bridgehead atoms. The zero-order valence-electron chi connectivity index (χ0n) is 11.2. The van der Waals surface area contributed by atoms with E-state index in [9.17, 15) is 29.1 Å². The Bertz CT molecular complexity index is 427. The van der Waals surface area contributed by atoms with Gasteiger partial charge in [0.25, 0.3) is 0 Å². The van der Waals surface area contributed by atoms with Crippen molar-refractivity contribution in [1.82, 2.24) is 0 Å². The van der Waals surface area contributed by atoms with Crippen molar-refractivity contribution < 1.29 is 124 Å². The van der Waals surface area contributed by atoms with Gasteiger partial charge in [-0.25, -0.2) is 14.4 Å². The van der Waals surface area contributed by atoms with Gasteiger partial charge in [-0.3, -0.25) is 9.59 Å². The molecule has 1 atom stereocenters. The summed E-state index contributed by atoms with van der Waals surface area (Å²) in [6.45, 7) is 0. The molecule has 0 heterocycles. The van der Waals surface area contributed by atoms with E-state index in [0.29, 0.717) is 0 Å². The zero-order chi connectivity index (χ0) is 14.5. The van der Waals surface area contributed by atoms with Crippen LogP contribution in [0.15, 0.2) is 0 Å². The van der Waals surface area contributed by atoms with E-state index < -0.39 is 48.3 Å². The van der Waals surface area contributed by atoms with Crippen LogP contribution in [0, 0.1) is 0 Å². The second-order valence-corrected chi connectivity index (χ2v) is 3.15. The second-order valence-electron chi connectivity index (χ2n) is 3.15. The van der Waals surface area contributed by atoms with Crippen molar-refractivity contribution in [1.29, 1.82) is 0 Å². The number of ether oxygens (including phenoxy) is 1. The van der Waals surface area contributed by atoms with Gasteiger partial charge in [0.2, 0.25) is 0 Å². The summed E-state index contributed by atoms with van der Waals surface area (Å²) >= 11 is 0. The molecule has 0 saturated carbocycles. The summed E-state index contributed by atoms with van der Waals surface area (Å²) in [7, 11) is 0. The van der Waals surface area contributed by atoms with Gasteiger partial charge < -0.3 is 26.6 Å². The maximum atomic E-state index is 10.9. The molecule has 10 nitrogen and oxygen atoms in total. The quantitative estimate of drug-likeness (QED) is 0.162. The topological polar surface area (TPSA) is 175 Å². The average molecular weight is 352 g/mol. The van der Waals surface area contributed by atoms with Gasteiger partial charge in [-0.2, -0.15) is 0 Å². The van der Waals surface area contributed by atoms with E-state index in [1.807, 2.05) is 0 Å². The molecule has 0 amide bonds. The Morgan fingerprint density at radius 1 is 1.00 bits per heavy atom. The van der Waals surface area contributed by atoms with Crippen LogP contribution in [0.2, 0.25) is 0 Å². The van der Waals surface area contributed by atoms with Crippen LogP contribution in [0.4, 0.5) is 0 Å². The normalized spacial score (nSPS) is 11.8. The van der Waals surface area contributed by atoms with Crippen LogP contribution >= 0.6 is 0 Å². The molecular weight excluding hydrogens is 343 g/mol. The van der Waals surface area contributed by atoms with Gasteiger partial charge in [0.1, 0.15) is 0 Å². The minimum absolute atomic E-state index is 0. The maximum absolute atomic E-state index is 10.9. The number of aliphatic hydroxyl groups is 1. The van der Waals surface area contributed by atoms with E-state index in [1.165, 1.54) is 0 Å². The van der Waals surface area contributed by atoms with Crippen LogP contribution in [0.25, 0.3) is 0 Å². The molecule has 0 radical (unpaired) electrons. The molecule has 0 rings (SSSR count). The number of aliphatic carboxylic acids is 3. The van der Waals surface area contributed by atoms with Gasteiger partial charge in [-0.05, 0) is 0 Å². The van der Waals surface area contributed by atoms with Crippen LogP contribution in [-0.4, -0.2) is 55.9 Å². The predicted molar refractivity (Wildman–Crippen MR) is 49.3 cm³/mol. The second kappa shape index (κ2) is 10.6. The fraction of sp³-hybridized carbons (Fsp3) is 0.375. The molecule has 0 aliphatic heterocycles. The molecule has 20 heavy (non-hydrogen) atoms. The van der Waals surface area contributed by atoms with E-state index >= 15 is 0 Å². The third-order valence-electron chi connectivity index (χ3n) is 1.66. The fourth-order valence-electron chi connectivity index (χ4n) is 0.886. The van der Waals surface area contributed by atoms with Gasteiger partial charge in [0.05, 0.1) is 12.8 Å². The molecule has 0 saturated heterocycles. The third-order valence-corrected chi connectivity index (χ3v) is 1.66. The van der Waals surface area contributed by atoms with Crippen molar-refractivity contribution in [2.45, 2.75) is 18.4 Å². The van der Waals surface area contributed by atoms with E-state index in [0.717, 1.165) is 0 Å². The Labute approximate surface area is 170 Å². The summed E-state index contributed by atoms with van der Waals surface area (Å²) in [5.74, 6) is -9.47. The molecule has 0 aliphatic carbocycles. The summed E-state index contributed by atoms with van der Waals surface area (Å²) in [6, 6.07) is 0. The van der Waals surface area contributed by atoms with Crippen LogP contribution in [-0.2, 0) is 50.4 Å². The molecule has 1 unspecified atom stereocenters. The molecule has 0 aliphatic rings. The number of rotatable bonds is 5. The third kappa shape index (κ3) is 8.92. The fourth-order valence-corrected chi connectivity index (χ4v) is 0.886.